The van der Waals surface area contributed by atoms with Crippen LogP contribution in [0.25, 0.3) is 0 Å². The number of sulfonamides is 1. The molecule has 4 nitrogen and oxygen atoms in total. The second-order valence-electron chi connectivity index (χ2n) is 5.25. The number of benzene rings is 1. The minimum absolute atomic E-state index is 0.203. The quantitative estimate of drug-likeness (QED) is 0.818. The van der Waals surface area contributed by atoms with Crippen LogP contribution in [-0.2, 0) is 10.0 Å². The molecule has 0 aromatic heterocycles. The van der Waals surface area contributed by atoms with E-state index in [9.17, 15) is 8.42 Å². The molecule has 1 aromatic rings. The van der Waals surface area contributed by atoms with E-state index in [-0.39, 0.29) is 9.88 Å². The SMILES string of the molecule is NC(=S)c1cccc(S(=O)(=O)NCC2CCCCC2)c1. The second kappa shape index (κ2) is 6.65. The highest BCUT2D eigenvalue weighted by molar-refractivity contribution is 7.89. The number of thiocarbonyl (C=S) groups is 1. The van der Waals surface area contributed by atoms with Gasteiger partial charge in [-0.25, -0.2) is 13.1 Å². The molecular formula is C14H20N2O2S2. The maximum Gasteiger partial charge on any atom is 0.240 e. The monoisotopic (exact) mass is 312 g/mol. The summed E-state index contributed by atoms with van der Waals surface area (Å²) >= 11 is 4.87. The van der Waals surface area contributed by atoms with Gasteiger partial charge in [0.2, 0.25) is 10.0 Å². The maximum absolute atomic E-state index is 12.3. The van der Waals surface area contributed by atoms with Gasteiger partial charge in [-0.2, -0.15) is 0 Å². The summed E-state index contributed by atoms with van der Waals surface area (Å²) in [4.78, 5) is 0.424. The Morgan fingerprint density at radius 3 is 2.65 bits per heavy atom. The van der Waals surface area contributed by atoms with E-state index in [4.69, 9.17) is 18.0 Å². The van der Waals surface area contributed by atoms with Gasteiger partial charge >= 0.3 is 0 Å². The molecule has 20 heavy (non-hydrogen) atoms. The van der Waals surface area contributed by atoms with Crippen molar-refractivity contribution in [3.8, 4) is 0 Å². The predicted molar refractivity (Wildman–Crippen MR) is 84.1 cm³/mol. The molecule has 0 radical (unpaired) electrons. The highest BCUT2D eigenvalue weighted by atomic mass is 32.2. The van der Waals surface area contributed by atoms with E-state index in [0.29, 0.717) is 18.0 Å². The van der Waals surface area contributed by atoms with Crippen LogP contribution in [0.5, 0.6) is 0 Å². The lowest BCUT2D eigenvalue weighted by Gasteiger charge is -2.21. The van der Waals surface area contributed by atoms with Gasteiger partial charge in [0.15, 0.2) is 0 Å². The smallest absolute Gasteiger partial charge is 0.240 e. The van der Waals surface area contributed by atoms with Gasteiger partial charge < -0.3 is 5.73 Å². The summed E-state index contributed by atoms with van der Waals surface area (Å²) in [6.45, 7) is 0.514. The highest BCUT2D eigenvalue weighted by Gasteiger charge is 2.19. The molecule has 1 aromatic carbocycles. The van der Waals surface area contributed by atoms with Gasteiger partial charge in [0.1, 0.15) is 4.99 Å². The molecule has 0 heterocycles. The van der Waals surface area contributed by atoms with Crippen LogP contribution in [0.15, 0.2) is 29.2 Å². The molecule has 6 heteroatoms. The number of rotatable bonds is 5. The van der Waals surface area contributed by atoms with E-state index in [0.717, 1.165) is 12.8 Å². The summed E-state index contributed by atoms with van der Waals surface area (Å²) in [5.41, 5.74) is 6.10. The Morgan fingerprint density at radius 1 is 1.30 bits per heavy atom. The molecule has 0 spiro atoms. The standard InChI is InChI=1S/C14H20N2O2S2/c15-14(19)12-7-4-8-13(9-12)20(17,18)16-10-11-5-2-1-3-6-11/h4,7-9,11,16H,1-3,5-6,10H2,(H2,15,19). The van der Waals surface area contributed by atoms with Crippen molar-refractivity contribution in [2.75, 3.05) is 6.54 Å². The molecule has 0 amide bonds. The van der Waals surface area contributed by atoms with Crippen molar-refractivity contribution >= 4 is 27.2 Å². The van der Waals surface area contributed by atoms with Gasteiger partial charge in [0, 0.05) is 12.1 Å². The Hall–Kier alpha value is -0.980. The Morgan fingerprint density at radius 2 is 2.00 bits per heavy atom. The van der Waals surface area contributed by atoms with Crippen LogP contribution in [0.4, 0.5) is 0 Å². The summed E-state index contributed by atoms with van der Waals surface area (Å²) < 4.78 is 27.2. The van der Waals surface area contributed by atoms with E-state index >= 15 is 0 Å². The number of nitrogens with two attached hydrogens (primary N) is 1. The number of nitrogens with one attached hydrogen (secondary N) is 1. The molecule has 0 aliphatic heterocycles. The van der Waals surface area contributed by atoms with Gasteiger partial charge in [-0.1, -0.05) is 43.6 Å². The van der Waals surface area contributed by atoms with Crippen molar-refractivity contribution in [3.63, 3.8) is 0 Å². The van der Waals surface area contributed by atoms with Gasteiger partial charge in [-0.3, -0.25) is 0 Å². The molecule has 0 saturated heterocycles. The molecule has 0 atom stereocenters. The van der Waals surface area contributed by atoms with Crippen molar-refractivity contribution in [2.24, 2.45) is 11.7 Å². The van der Waals surface area contributed by atoms with Crippen molar-refractivity contribution < 1.29 is 8.42 Å². The fourth-order valence-electron chi connectivity index (χ4n) is 2.52. The zero-order chi connectivity index (χ0) is 14.6. The molecule has 1 fully saturated rings. The van der Waals surface area contributed by atoms with Crippen LogP contribution < -0.4 is 10.5 Å². The van der Waals surface area contributed by atoms with Gasteiger partial charge in [-0.05, 0) is 30.9 Å². The maximum atomic E-state index is 12.3. The van der Waals surface area contributed by atoms with Crippen LogP contribution in [0.3, 0.4) is 0 Å². The molecule has 1 aliphatic rings. The molecule has 110 valence electrons. The van der Waals surface area contributed by atoms with Crippen molar-refractivity contribution in [1.29, 1.82) is 0 Å². The molecule has 1 aliphatic carbocycles. The van der Waals surface area contributed by atoms with Gasteiger partial charge in [-0.15, -0.1) is 0 Å². The van der Waals surface area contributed by atoms with Gasteiger partial charge in [0.05, 0.1) is 4.90 Å². The zero-order valence-corrected chi connectivity index (χ0v) is 13.0. The summed E-state index contributed by atoms with van der Waals surface area (Å²) in [7, 11) is -3.48. The van der Waals surface area contributed by atoms with E-state index in [1.54, 1.807) is 18.2 Å². The largest absolute Gasteiger partial charge is 0.389 e. The van der Waals surface area contributed by atoms with Crippen molar-refractivity contribution in [3.05, 3.63) is 29.8 Å². The topological polar surface area (TPSA) is 72.2 Å². The van der Waals surface area contributed by atoms with E-state index in [1.807, 2.05) is 0 Å². The van der Waals surface area contributed by atoms with Crippen LogP contribution in [0.1, 0.15) is 37.7 Å². The lowest BCUT2D eigenvalue weighted by Crippen LogP contribution is -2.30. The third-order valence-electron chi connectivity index (χ3n) is 3.72. The predicted octanol–water partition coefficient (Wildman–Crippen LogP) is 2.18. The van der Waals surface area contributed by atoms with Crippen LogP contribution in [0, 0.1) is 5.92 Å². The van der Waals surface area contributed by atoms with Crippen molar-refractivity contribution in [1.82, 2.24) is 4.72 Å². The lowest BCUT2D eigenvalue weighted by molar-refractivity contribution is 0.357. The Bertz CT molecular complexity index is 579. The fraction of sp³-hybridized carbons (Fsp3) is 0.500. The number of hydrogen-bond donors (Lipinski definition) is 2. The second-order valence-corrected chi connectivity index (χ2v) is 7.45. The van der Waals surface area contributed by atoms with E-state index in [1.165, 1.54) is 25.3 Å². The average Bonchev–Trinajstić information content (AvgIpc) is 2.46. The highest BCUT2D eigenvalue weighted by Crippen LogP contribution is 2.23. The Kier molecular flexibility index (Phi) is 5.12. The molecule has 2 rings (SSSR count). The summed E-state index contributed by atoms with van der Waals surface area (Å²) in [5.74, 6) is 0.456. The van der Waals surface area contributed by atoms with Crippen LogP contribution in [-0.4, -0.2) is 20.0 Å². The summed E-state index contributed by atoms with van der Waals surface area (Å²) in [6, 6.07) is 6.45. The molecule has 0 bridgehead atoms. The average molecular weight is 312 g/mol. The first-order valence-corrected chi connectivity index (χ1v) is 8.78. The van der Waals surface area contributed by atoms with Gasteiger partial charge in [0.25, 0.3) is 0 Å². The minimum Gasteiger partial charge on any atom is -0.389 e. The minimum atomic E-state index is -3.48. The third-order valence-corrected chi connectivity index (χ3v) is 5.37. The van der Waals surface area contributed by atoms with Crippen LogP contribution >= 0.6 is 12.2 Å². The van der Waals surface area contributed by atoms with Crippen molar-refractivity contribution in [2.45, 2.75) is 37.0 Å². The molecule has 0 unspecified atom stereocenters. The normalized spacial score (nSPS) is 17.0. The molecular weight excluding hydrogens is 292 g/mol. The first-order valence-electron chi connectivity index (χ1n) is 6.88. The summed E-state index contributed by atoms with van der Waals surface area (Å²) in [5, 5.41) is 0. The number of hydrogen-bond acceptors (Lipinski definition) is 3. The molecule has 1 saturated carbocycles. The van der Waals surface area contributed by atoms with Crippen LogP contribution in [0.2, 0.25) is 0 Å². The third kappa shape index (κ3) is 4.01. The first kappa shape index (κ1) is 15.4. The Balaban J connectivity index is 2.05. The van der Waals surface area contributed by atoms with E-state index in [2.05, 4.69) is 4.72 Å². The lowest BCUT2D eigenvalue weighted by atomic mass is 9.90. The molecule has 3 N–H and O–H groups in total. The zero-order valence-electron chi connectivity index (χ0n) is 11.3. The van der Waals surface area contributed by atoms with E-state index < -0.39 is 10.0 Å². The first-order chi connectivity index (χ1) is 9.49. The Labute approximate surface area is 125 Å². The fourth-order valence-corrected chi connectivity index (χ4v) is 3.81. The summed E-state index contributed by atoms with van der Waals surface area (Å²) in [6.07, 6.45) is 5.87.